The summed E-state index contributed by atoms with van der Waals surface area (Å²) in [6, 6.07) is 7.96. The maximum Gasteiger partial charge on any atom is 0.209 e. The van der Waals surface area contributed by atoms with Gasteiger partial charge in [0, 0.05) is 12.7 Å². The van der Waals surface area contributed by atoms with Crippen LogP contribution in [0.3, 0.4) is 0 Å². The Morgan fingerprint density at radius 1 is 1.22 bits per heavy atom. The van der Waals surface area contributed by atoms with Crippen LogP contribution in [0.2, 0.25) is 0 Å². The standard InChI is InChI=1S/C18H22N4O/c1-2-22-12-15(11-19-22)14-7-9-21(10-8-14)13-18-20-16-5-3-4-6-17(16)23-18/h3-6,11-12,14H,2,7-10,13H2,1H3. The smallest absolute Gasteiger partial charge is 0.209 e. The largest absolute Gasteiger partial charge is 0.439 e. The first-order valence-corrected chi connectivity index (χ1v) is 8.41. The molecule has 3 heterocycles. The number of piperidine rings is 1. The first kappa shape index (κ1) is 14.5. The van der Waals surface area contributed by atoms with E-state index in [4.69, 9.17) is 4.42 Å². The third-order valence-corrected chi connectivity index (χ3v) is 4.73. The van der Waals surface area contributed by atoms with E-state index in [0.29, 0.717) is 5.92 Å². The van der Waals surface area contributed by atoms with Crippen LogP contribution in [0.4, 0.5) is 0 Å². The summed E-state index contributed by atoms with van der Waals surface area (Å²) in [6.07, 6.45) is 6.58. The number of rotatable bonds is 4. The third kappa shape index (κ3) is 3.01. The molecule has 4 rings (SSSR count). The molecule has 120 valence electrons. The minimum Gasteiger partial charge on any atom is -0.439 e. The second-order valence-corrected chi connectivity index (χ2v) is 6.26. The van der Waals surface area contributed by atoms with Gasteiger partial charge in [0.15, 0.2) is 5.58 Å². The topological polar surface area (TPSA) is 47.1 Å². The van der Waals surface area contributed by atoms with Gasteiger partial charge in [0.2, 0.25) is 5.89 Å². The normalized spacial score (nSPS) is 17.1. The Labute approximate surface area is 135 Å². The number of nitrogens with zero attached hydrogens (tertiary/aromatic N) is 4. The Balaban J connectivity index is 1.37. The molecule has 23 heavy (non-hydrogen) atoms. The maximum atomic E-state index is 5.83. The van der Waals surface area contributed by atoms with Gasteiger partial charge in [-0.1, -0.05) is 12.1 Å². The van der Waals surface area contributed by atoms with Crippen LogP contribution in [0.25, 0.3) is 11.1 Å². The molecule has 0 saturated carbocycles. The number of likely N-dealkylation sites (tertiary alicyclic amines) is 1. The van der Waals surface area contributed by atoms with Crippen molar-refractivity contribution in [2.75, 3.05) is 13.1 Å². The Morgan fingerprint density at radius 3 is 2.78 bits per heavy atom. The van der Waals surface area contributed by atoms with E-state index in [1.807, 2.05) is 35.1 Å². The molecular weight excluding hydrogens is 288 g/mol. The summed E-state index contributed by atoms with van der Waals surface area (Å²) >= 11 is 0. The quantitative estimate of drug-likeness (QED) is 0.741. The second-order valence-electron chi connectivity index (χ2n) is 6.26. The van der Waals surface area contributed by atoms with E-state index in [9.17, 15) is 0 Å². The van der Waals surface area contributed by atoms with Gasteiger partial charge in [0.1, 0.15) is 5.52 Å². The number of benzene rings is 1. The van der Waals surface area contributed by atoms with Crippen LogP contribution in [0.15, 0.2) is 41.1 Å². The highest BCUT2D eigenvalue weighted by Gasteiger charge is 2.22. The number of hydrogen-bond acceptors (Lipinski definition) is 4. The maximum absolute atomic E-state index is 5.83. The third-order valence-electron chi connectivity index (χ3n) is 4.73. The highest BCUT2D eigenvalue weighted by molar-refractivity contribution is 5.72. The van der Waals surface area contributed by atoms with Gasteiger partial charge in [-0.3, -0.25) is 9.58 Å². The Morgan fingerprint density at radius 2 is 2.04 bits per heavy atom. The molecule has 0 atom stereocenters. The molecule has 0 amide bonds. The molecule has 5 heteroatoms. The van der Waals surface area contributed by atoms with E-state index in [2.05, 4.69) is 28.1 Å². The molecule has 5 nitrogen and oxygen atoms in total. The molecule has 0 unspecified atom stereocenters. The molecule has 0 radical (unpaired) electrons. The summed E-state index contributed by atoms with van der Waals surface area (Å²) in [7, 11) is 0. The molecule has 0 aliphatic carbocycles. The lowest BCUT2D eigenvalue weighted by atomic mass is 9.91. The first-order valence-electron chi connectivity index (χ1n) is 8.41. The average Bonchev–Trinajstić information content (AvgIpc) is 3.21. The summed E-state index contributed by atoms with van der Waals surface area (Å²) < 4.78 is 7.85. The van der Waals surface area contributed by atoms with Crippen molar-refractivity contribution >= 4 is 11.1 Å². The zero-order valence-electron chi connectivity index (χ0n) is 13.5. The number of oxazole rings is 1. The fourth-order valence-electron chi connectivity index (χ4n) is 3.37. The van der Waals surface area contributed by atoms with Crippen molar-refractivity contribution in [1.29, 1.82) is 0 Å². The number of fused-ring (bicyclic) bond motifs is 1. The number of hydrogen-bond donors (Lipinski definition) is 0. The van der Waals surface area contributed by atoms with E-state index in [1.54, 1.807) is 0 Å². The van der Waals surface area contributed by atoms with Crippen LogP contribution in [0.1, 0.15) is 37.1 Å². The lowest BCUT2D eigenvalue weighted by molar-refractivity contribution is 0.189. The van der Waals surface area contributed by atoms with Crippen LogP contribution >= 0.6 is 0 Å². The highest BCUT2D eigenvalue weighted by Crippen LogP contribution is 2.28. The van der Waals surface area contributed by atoms with E-state index >= 15 is 0 Å². The van der Waals surface area contributed by atoms with Crippen LogP contribution in [0.5, 0.6) is 0 Å². The second kappa shape index (κ2) is 6.16. The Bertz CT molecular complexity index is 750. The first-order chi connectivity index (χ1) is 11.3. The molecule has 0 spiro atoms. The highest BCUT2D eigenvalue weighted by atomic mass is 16.3. The SMILES string of the molecule is CCn1cc(C2CCN(Cc3nc4ccccc4o3)CC2)cn1. The number of aromatic nitrogens is 3. The Kier molecular flexibility index (Phi) is 3.87. The van der Waals surface area contributed by atoms with Gasteiger partial charge in [-0.2, -0.15) is 5.10 Å². The lowest BCUT2D eigenvalue weighted by Crippen LogP contribution is -2.32. The van der Waals surface area contributed by atoms with Gasteiger partial charge < -0.3 is 4.42 Å². The molecule has 1 aliphatic heterocycles. The summed E-state index contributed by atoms with van der Waals surface area (Å²) in [5, 5.41) is 4.40. The molecule has 1 saturated heterocycles. The van der Waals surface area contributed by atoms with E-state index in [-0.39, 0.29) is 0 Å². The molecule has 1 aromatic carbocycles. The van der Waals surface area contributed by atoms with Crippen molar-refractivity contribution in [3.63, 3.8) is 0 Å². The van der Waals surface area contributed by atoms with Crippen LogP contribution in [-0.2, 0) is 13.1 Å². The predicted molar refractivity (Wildman–Crippen MR) is 89.2 cm³/mol. The minimum atomic E-state index is 0.634. The van der Waals surface area contributed by atoms with E-state index in [1.165, 1.54) is 18.4 Å². The van der Waals surface area contributed by atoms with Gasteiger partial charge in [-0.15, -0.1) is 0 Å². The Hall–Kier alpha value is -2.14. The molecule has 0 N–H and O–H groups in total. The van der Waals surface area contributed by atoms with Crippen molar-refractivity contribution in [2.24, 2.45) is 0 Å². The van der Waals surface area contributed by atoms with Crippen LogP contribution in [-0.4, -0.2) is 32.8 Å². The zero-order chi connectivity index (χ0) is 15.6. The summed E-state index contributed by atoms with van der Waals surface area (Å²) in [5.74, 6) is 1.46. The average molecular weight is 310 g/mol. The fraction of sp³-hybridized carbons (Fsp3) is 0.444. The molecule has 1 aliphatic rings. The van der Waals surface area contributed by atoms with Crippen LogP contribution in [0, 0.1) is 0 Å². The summed E-state index contributed by atoms with van der Waals surface area (Å²) in [6.45, 7) is 6.04. The molecule has 1 fully saturated rings. The predicted octanol–water partition coefficient (Wildman–Crippen LogP) is 3.42. The number of para-hydroxylation sites is 2. The zero-order valence-corrected chi connectivity index (χ0v) is 13.5. The van der Waals surface area contributed by atoms with Crippen molar-refractivity contribution in [2.45, 2.75) is 38.8 Å². The van der Waals surface area contributed by atoms with Gasteiger partial charge in [0.25, 0.3) is 0 Å². The van der Waals surface area contributed by atoms with Gasteiger partial charge in [0.05, 0.1) is 12.7 Å². The van der Waals surface area contributed by atoms with Crippen LogP contribution < -0.4 is 0 Å². The van der Waals surface area contributed by atoms with Crippen molar-refractivity contribution in [1.82, 2.24) is 19.7 Å². The summed E-state index contributed by atoms with van der Waals surface area (Å²) in [4.78, 5) is 7.01. The molecule has 3 aromatic rings. The van der Waals surface area contributed by atoms with Gasteiger partial charge >= 0.3 is 0 Å². The van der Waals surface area contributed by atoms with Crippen molar-refractivity contribution in [3.05, 3.63) is 48.1 Å². The lowest BCUT2D eigenvalue weighted by Gasteiger charge is -2.30. The molecule has 0 bridgehead atoms. The van der Waals surface area contributed by atoms with Gasteiger partial charge in [-0.05, 0) is 56.5 Å². The molecule has 2 aromatic heterocycles. The van der Waals surface area contributed by atoms with Crippen molar-refractivity contribution < 1.29 is 4.42 Å². The molecular formula is C18H22N4O. The van der Waals surface area contributed by atoms with E-state index in [0.717, 1.165) is 43.2 Å². The van der Waals surface area contributed by atoms with Crippen molar-refractivity contribution in [3.8, 4) is 0 Å². The number of aryl methyl sites for hydroxylation is 1. The van der Waals surface area contributed by atoms with Gasteiger partial charge in [-0.25, -0.2) is 4.98 Å². The minimum absolute atomic E-state index is 0.634. The monoisotopic (exact) mass is 310 g/mol. The fourth-order valence-corrected chi connectivity index (χ4v) is 3.37. The summed E-state index contributed by atoms with van der Waals surface area (Å²) in [5.41, 5.74) is 3.21. The van der Waals surface area contributed by atoms with E-state index < -0.39 is 0 Å².